The third-order valence-corrected chi connectivity index (χ3v) is 4.60. The number of H-pyrrole nitrogens is 1. The fourth-order valence-electron chi connectivity index (χ4n) is 3.19. The molecule has 5 nitrogen and oxygen atoms in total. The molecule has 5 heteroatoms. The lowest BCUT2D eigenvalue weighted by Gasteiger charge is -2.11. The first-order valence-electron chi connectivity index (χ1n) is 8.53. The van der Waals surface area contributed by atoms with Gasteiger partial charge in [0.05, 0.1) is 26.3 Å². The van der Waals surface area contributed by atoms with E-state index < -0.39 is 5.97 Å². The molecule has 0 aliphatic heterocycles. The van der Waals surface area contributed by atoms with Gasteiger partial charge in [0, 0.05) is 22.5 Å². The van der Waals surface area contributed by atoms with Gasteiger partial charge in [-0.25, -0.2) is 0 Å². The van der Waals surface area contributed by atoms with E-state index in [1.807, 2.05) is 18.2 Å². The van der Waals surface area contributed by atoms with Crippen LogP contribution in [-0.2, 0) is 11.2 Å². The zero-order chi connectivity index (χ0) is 18.8. The zero-order valence-electron chi connectivity index (χ0n) is 15.4. The van der Waals surface area contributed by atoms with Crippen LogP contribution in [-0.4, -0.2) is 30.3 Å². The van der Waals surface area contributed by atoms with E-state index in [-0.39, 0.29) is 6.42 Å². The lowest BCUT2D eigenvalue weighted by molar-refractivity contribution is -0.136. The van der Waals surface area contributed by atoms with E-state index in [1.165, 1.54) is 5.56 Å². The van der Waals surface area contributed by atoms with E-state index in [1.54, 1.807) is 20.3 Å². The number of rotatable bonds is 6. The molecule has 0 fully saturated rings. The molecule has 26 heavy (non-hydrogen) atoms. The second-order valence-electron chi connectivity index (χ2n) is 6.58. The van der Waals surface area contributed by atoms with Crippen molar-refractivity contribution in [3.8, 4) is 22.8 Å². The number of aromatic amines is 1. The number of hydrogen-bond donors (Lipinski definition) is 2. The Kier molecular flexibility index (Phi) is 4.89. The standard InChI is InChI=1S/C21H23NO4/c1-12(2)13-5-8-18-16(9-13)17(11-20(23)24)21(22-18)15-7-6-14(25-3)10-19(15)26-4/h5-10,12,22H,11H2,1-4H3,(H,23,24). The maximum atomic E-state index is 11.5. The van der Waals surface area contributed by atoms with Gasteiger partial charge in [-0.05, 0) is 41.3 Å². The highest BCUT2D eigenvalue weighted by atomic mass is 16.5. The van der Waals surface area contributed by atoms with Crippen molar-refractivity contribution in [2.24, 2.45) is 0 Å². The quantitative estimate of drug-likeness (QED) is 0.679. The number of aromatic nitrogens is 1. The van der Waals surface area contributed by atoms with Crippen LogP contribution in [0.15, 0.2) is 36.4 Å². The van der Waals surface area contributed by atoms with Gasteiger partial charge in [-0.1, -0.05) is 19.9 Å². The monoisotopic (exact) mass is 353 g/mol. The Labute approximate surface area is 152 Å². The molecule has 2 aromatic carbocycles. The molecular formula is C21H23NO4. The molecule has 3 aromatic rings. The summed E-state index contributed by atoms with van der Waals surface area (Å²) in [7, 11) is 3.19. The molecule has 0 aliphatic carbocycles. The number of carboxylic acids is 1. The van der Waals surface area contributed by atoms with Gasteiger partial charge in [-0.15, -0.1) is 0 Å². The SMILES string of the molecule is COc1ccc(-c2[nH]c3ccc(C(C)C)cc3c2CC(=O)O)c(OC)c1. The lowest BCUT2D eigenvalue weighted by atomic mass is 9.97. The second kappa shape index (κ2) is 7.12. The van der Waals surface area contributed by atoms with Crippen molar-refractivity contribution in [2.75, 3.05) is 14.2 Å². The van der Waals surface area contributed by atoms with E-state index >= 15 is 0 Å². The van der Waals surface area contributed by atoms with E-state index in [9.17, 15) is 9.90 Å². The number of methoxy groups -OCH3 is 2. The predicted octanol–water partition coefficient (Wildman–Crippen LogP) is 4.60. The molecule has 0 amide bonds. The number of carboxylic acid groups (broad SMARTS) is 1. The van der Waals surface area contributed by atoms with Crippen molar-refractivity contribution in [3.05, 3.63) is 47.5 Å². The van der Waals surface area contributed by atoms with Gasteiger partial charge in [0.25, 0.3) is 0 Å². The summed E-state index contributed by atoms with van der Waals surface area (Å²) in [6.45, 7) is 4.25. The molecule has 3 rings (SSSR count). The first kappa shape index (κ1) is 17.9. The van der Waals surface area contributed by atoms with Crippen molar-refractivity contribution < 1.29 is 19.4 Å². The number of benzene rings is 2. The summed E-state index contributed by atoms with van der Waals surface area (Å²) in [5, 5.41) is 10.4. The Morgan fingerprint density at radius 3 is 2.50 bits per heavy atom. The van der Waals surface area contributed by atoms with Crippen molar-refractivity contribution in [3.63, 3.8) is 0 Å². The van der Waals surface area contributed by atoms with E-state index in [4.69, 9.17) is 9.47 Å². The molecule has 0 unspecified atom stereocenters. The summed E-state index contributed by atoms with van der Waals surface area (Å²) in [6, 6.07) is 11.7. The van der Waals surface area contributed by atoms with Gasteiger partial charge in [0.2, 0.25) is 0 Å². The summed E-state index contributed by atoms with van der Waals surface area (Å²) in [5.74, 6) is 0.816. The maximum absolute atomic E-state index is 11.5. The Morgan fingerprint density at radius 1 is 1.12 bits per heavy atom. The third kappa shape index (κ3) is 3.25. The summed E-state index contributed by atoms with van der Waals surface area (Å²) >= 11 is 0. The average molecular weight is 353 g/mol. The average Bonchev–Trinajstić information content (AvgIpc) is 2.98. The minimum absolute atomic E-state index is 0.0634. The van der Waals surface area contributed by atoms with E-state index in [0.717, 1.165) is 27.7 Å². The van der Waals surface area contributed by atoms with Crippen LogP contribution in [0.3, 0.4) is 0 Å². The van der Waals surface area contributed by atoms with Crippen LogP contribution in [0.2, 0.25) is 0 Å². The normalized spacial score (nSPS) is 11.1. The highest BCUT2D eigenvalue weighted by molar-refractivity contribution is 5.95. The first-order valence-corrected chi connectivity index (χ1v) is 8.53. The smallest absolute Gasteiger partial charge is 0.307 e. The Morgan fingerprint density at radius 2 is 1.88 bits per heavy atom. The molecule has 0 spiro atoms. The number of ether oxygens (including phenoxy) is 2. The molecule has 0 radical (unpaired) electrons. The molecule has 1 aromatic heterocycles. The zero-order valence-corrected chi connectivity index (χ0v) is 15.4. The molecule has 0 aliphatic rings. The third-order valence-electron chi connectivity index (χ3n) is 4.60. The van der Waals surface area contributed by atoms with Crippen LogP contribution in [0.1, 0.15) is 30.9 Å². The Bertz CT molecular complexity index is 956. The van der Waals surface area contributed by atoms with Gasteiger partial charge < -0.3 is 19.6 Å². The van der Waals surface area contributed by atoms with Crippen LogP contribution in [0.5, 0.6) is 11.5 Å². The Hall–Kier alpha value is -2.95. The van der Waals surface area contributed by atoms with Crippen molar-refractivity contribution in [2.45, 2.75) is 26.2 Å². The van der Waals surface area contributed by atoms with Crippen molar-refractivity contribution in [1.82, 2.24) is 4.98 Å². The number of carbonyl (C=O) groups is 1. The number of fused-ring (bicyclic) bond motifs is 1. The molecule has 0 bridgehead atoms. The van der Waals surface area contributed by atoms with Crippen LogP contribution in [0.4, 0.5) is 0 Å². The predicted molar refractivity (Wildman–Crippen MR) is 102 cm³/mol. The molecule has 0 saturated heterocycles. The molecular weight excluding hydrogens is 330 g/mol. The number of aliphatic carboxylic acids is 1. The molecule has 0 atom stereocenters. The van der Waals surface area contributed by atoms with Gasteiger partial charge >= 0.3 is 5.97 Å². The minimum Gasteiger partial charge on any atom is -0.497 e. The number of nitrogens with one attached hydrogen (secondary N) is 1. The van der Waals surface area contributed by atoms with Crippen molar-refractivity contribution >= 4 is 16.9 Å². The lowest BCUT2D eigenvalue weighted by Crippen LogP contribution is -2.01. The first-order chi connectivity index (χ1) is 12.4. The second-order valence-corrected chi connectivity index (χ2v) is 6.58. The summed E-state index contributed by atoms with van der Waals surface area (Å²) in [5.41, 5.74) is 4.43. The van der Waals surface area contributed by atoms with Crippen molar-refractivity contribution in [1.29, 1.82) is 0 Å². The summed E-state index contributed by atoms with van der Waals surface area (Å²) in [6.07, 6.45) is -0.0634. The molecule has 0 saturated carbocycles. The van der Waals surface area contributed by atoms with E-state index in [0.29, 0.717) is 17.4 Å². The largest absolute Gasteiger partial charge is 0.497 e. The van der Waals surface area contributed by atoms with Crippen LogP contribution >= 0.6 is 0 Å². The number of hydrogen-bond acceptors (Lipinski definition) is 3. The topological polar surface area (TPSA) is 71.6 Å². The molecule has 1 heterocycles. The molecule has 136 valence electrons. The van der Waals surface area contributed by atoms with Crippen LogP contribution in [0, 0.1) is 0 Å². The van der Waals surface area contributed by atoms with Crippen LogP contribution < -0.4 is 9.47 Å². The van der Waals surface area contributed by atoms with Gasteiger partial charge in [0.15, 0.2) is 0 Å². The maximum Gasteiger partial charge on any atom is 0.307 e. The van der Waals surface area contributed by atoms with E-state index in [2.05, 4.69) is 31.0 Å². The fourth-order valence-corrected chi connectivity index (χ4v) is 3.19. The highest BCUT2D eigenvalue weighted by Gasteiger charge is 2.19. The van der Waals surface area contributed by atoms with Crippen LogP contribution in [0.25, 0.3) is 22.2 Å². The summed E-state index contributed by atoms with van der Waals surface area (Å²) in [4.78, 5) is 14.9. The summed E-state index contributed by atoms with van der Waals surface area (Å²) < 4.78 is 10.8. The van der Waals surface area contributed by atoms with Gasteiger partial charge in [-0.3, -0.25) is 4.79 Å². The molecule has 2 N–H and O–H groups in total. The fraction of sp³-hybridized carbons (Fsp3) is 0.286. The minimum atomic E-state index is -0.866. The highest BCUT2D eigenvalue weighted by Crippen LogP contribution is 2.38. The Balaban J connectivity index is 2.26. The van der Waals surface area contributed by atoms with Gasteiger partial charge in [0.1, 0.15) is 11.5 Å². The van der Waals surface area contributed by atoms with Gasteiger partial charge in [-0.2, -0.15) is 0 Å².